The van der Waals surface area contributed by atoms with Crippen LogP contribution in [0.1, 0.15) is 0 Å². The van der Waals surface area contributed by atoms with E-state index in [9.17, 15) is 0 Å². The minimum absolute atomic E-state index is 0. The van der Waals surface area contributed by atoms with Crippen molar-refractivity contribution in [2.24, 2.45) is 0 Å². The van der Waals surface area contributed by atoms with E-state index in [4.69, 9.17) is 28.9 Å². The van der Waals surface area contributed by atoms with E-state index in [2.05, 4.69) is 19.9 Å². The van der Waals surface area contributed by atoms with Gasteiger partial charge in [0.2, 0.25) is 5.95 Å². The Morgan fingerprint density at radius 3 is 2.32 bits per heavy atom. The molecule has 0 atom stereocenters. The van der Waals surface area contributed by atoms with E-state index in [1.54, 1.807) is 30.6 Å². The molecule has 4 rings (SSSR count). The molecular formula is C19H15Cl4N5. The number of hydrogen-bond acceptors (Lipinski definition) is 4. The summed E-state index contributed by atoms with van der Waals surface area (Å²) in [6.45, 7) is 0. The summed E-state index contributed by atoms with van der Waals surface area (Å²) < 4.78 is 0. The molecule has 4 aromatic rings. The van der Waals surface area contributed by atoms with E-state index < -0.39 is 0 Å². The van der Waals surface area contributed by atoms with E-state index in [0.717, 1.165) is 11.3 Å². The van der Waals surface area contributed by atoms with Crippen LogP contribution in [0.3, 0.4) is 0 Å². The summed E-state index contributed by atoms with van der Waals surface area (Å²) in [4.78, 5) is 16.3. The van der Waals surface area contributed by atoms with Crippen molar-refractivity contribution >= 4 is 54.0 Å². The zero-order valence-electron chi connectivity index (χ0n) is 14.3. The Labute approximate surface area is 184 Å². The summed E-state index contributed by atoms with van der Waals surface area (Å²) in [5.41, 5.74) is 9.72. The zero-order chi connectivity index (χ0) is 18.1. The largest absolute Gasteiger partial charge is 0.368 e. The van der Waals surface area contributed by atoms with Crippen molar-refractivity contribution in [3.05, 3.63) is 71.0 Å². The van der Waals surface area contributed by atoms with Gasteiger partial charge in [0.25, 0.3) is 0 Å². The summed E-state index contributed by atoms with van der Waals surface area (Å²) in [5.74, 6) is 0.787. The van der Waals surface area contributed by atoms with Gasteiger partial charge in [-0.2, -0.15) is 0 Å². The van der Waals surface area contributed by atoms with Gasteiger partial charge in [0.05, 0.1) is 28.2 Å². The Morgan fingerprint density at radius 1 is 0.857 bits per heavy atom. The van der Waals surface area contributed by atoms with Crippen LogP contribution < -0.4 is 5.73 Å². The Morgan fingerprint density at radius 2 is 1.61 bits per heavy atom. The van der Waals surface area contributed by atoms with E-state index in [0.29, 0.717) is 32.7 Å². The first-order chi connectivity index (χ1) is 12.6. The number of nitrogens with one attached hydrogen (secondary N) is 1. The van der Waals surface area contributed by atoms with Crippen LogP contribution in [-0.2, 0) is 0 Å². The Kier molecular flexibility index (Phi) is 7.27. The number of benzene rings is 2. The molecule has 0 aliphatic heterocycles. The molecule has 3 N–H and O–H groups in total. The first-order valence-corrected chi connectivity index (χ1v) is 8.56. The predicted molar refractivity (Wildman–Crippen MR) is 119 cm³/mol. The van der Waals surface area contributed by atoms with Gasteiger partial charge in [-0.1, -0.05) is 53.5 Å². The Balaban J connectivity index is 0.00000140. The fourth-order valence-corrected chi connectivity index (χ4v) is 3.18. The van der Waals surface area contributed by atoms with Crippen LogP contribution in [0.25, 0.3) is 33.9 Å². The SMILES string of the molecule is Cl.Cl.Nc1ncc(-c2ncc(-c3ccccc3)[nH]2)c(-c2ccc(Cl)cc2Cl)n1. The number of anilines is 1. The molecule has 9 heteroatoms. The lowest BCUT2D eigenvalue weighted by Gasteiger charge is -2.09. The van der Waals surface area contributed by atoms with Gasteiger partial charge in [-0.05, 0) is 23.8 Å². The Hall–Kier alpha value is -2.31. The van der Waals surface area contributed by atoms with Gasteiger partial charge in [-0.3, -0.25) is 0 Å². The highest BCUT2D eigenvalue weighted by atomic mass is 35.5. The van der Waals surface area contributed by atoms with E-state index >= 15 is 0 Å². The average Bonchev–Trinajstić information content (AvgIpc) is 3.12. The average molecular weight is 455 g/mol. The summed E-state index contributed by atoms with van der Waals surface area (Å²) in [6, 6.07) is 15.1. The first kappa shape index (κ1) is 22.0. The molecule has 144 valence electrons. The van der Waals surface area contributed by atoms with Gasteiger partial charge < -0.3 is 10.7 Å². The number of aromatic nitrogens is 4. The predicted octanol–water partition coefficient (Wildman–Crippen LogP) is 5.93. The zero-order valence-corrected chi connectivity index (χ0v) is 17.4. The lowest BCUT2D eigenvalue weighted by molar-refractivity contribution is 1.17. The van der Waals surface area contributed by atoms with Gasteiger partial charge in [-0.15, -0.1) is 24.8 Å². The number of hydrogen-bond donors (Lipinski definition) is 2. The molecule has 5 nitrogen and oxygen atoms in total. The van der Waals surface area contributed by atoms with Gasteiger partial charge in [0.15, 0.2) is 0 Å². The molecule has 2 heterocycles. The normalized spacial score (nSPS) is 10.1. The van der Waals surface area contributed by atoms with Crippen LogP contribution >= 0.6 is 48.0 Å². The minimum atomic E-state index is 0. The molecule has 0 saturated carbocycles. The maximum Gasteiger partial charge on any atom is 0.220 e. The minimum Gasteiger partial charge on any atom is -0.368 e. The summed E-state index contributed by atoms with van der Waals surface area (Å²) in [5, 5.41) is 1.03. The lowest BCUT2D eigenvalue weighted by atomic mass is 10.1. The molecule has 0 aliphatic rings. The third-order valence-electron chi connectivity index (χ3n) is 3.91. The third kappa shape index (κ3) is 4.39. The first-order valence-electron chi connectivity index (χ1n) is 7.80. The number of rotatable bonds is 3. The second-order valence-electron chi connectivity index (χ2n) is 5.63. The number of nitrogens with zero attached hydrogens (tertiary/aromatic N) is 3. The second kappa shape index (κ2) is 9.26. The van der Waals surface area contributed by atoms with Gasteiger partial charge in [-0.25, -0.2) is 15.0 Å². The number of imidazole rings is 1. The molecule has 0 saturated heterocycles. The number of aromatic amines is 1. The van der Waals surface area contributed by atoms with E-state index in [1.807, 2.05) is 30.3 Å². The van der Waals surface area contributed by atoms with Crippen LogP contribution in [0.2, 0.25) is 10.0 Å². The van der Waals surface area contributed by atoms with Crippen molar-refractivity contribution in [2.75, 3.05) is 5.73 Å². The van der Waals surface area contributed by atoms with Crippen LogP contribution in [0, 0.1) is 0 Å². The number of nitrogen functional groups attached to an aromatic ring is 1. The maximum absolute atomic E-state index is 6.36. The monoisotopic (exact) mass is 453 g/mol. The van der Waals surface area contributed by atoms with Crippen molar-refractivity contribution in [3.8, 4) is 33.9 Å². The lowest BCUT2D eigenvalue weighted by Crippen LogP contribution is -1.99. The molecule has 0 amide bonds. The molecular weight excluding hydrogens is 440 g/mol. The molecule has 28 heavy (non-hydrogen) atoms. The van der Waals surface area contributed by atoms with Crippen molar-refractivity contribution in [1.82, 2.24) is 19.9 Å². The molecule has 2 aromatic carbocycles. The van der Waals surface area contributed by atoms with Crippen LogP contribution in [0.15, 0.2) is 60.9 Å². The summed E-state index contributed by atoms with van der Waals surface area (Å²) in [7, 11) is 0. The molecule has 0 bridgehead atoms. The maximum atomic E-state index is 6.36. The molecule has 0 fully saturated rings. The second-order valence-corrected chi connectivity index (χ2v) is 6.47. The number of halogens is 4. The Bertz CT molecular complexity index is 1080. The highest BCUT2D eigenvalue weighted by molar-refractivity contribution is 6.36. The van der Waals surface area contributed by atoms with Crippen molar-refractivity contribution in [3.63, 3.8) is 0 Å². The molecule has 2 aromatic heterocycles. The van der Waals surface area contributed by atoms with E-state index in [1.165, 1.54) is 0 Å². The highest BCUT2D eigenvalue weighted by Gasteiger charge is 2.16. The quantitative estimate of drug-likeness (QED) is 0.401. The fraction of sp³-hybridized carbons (Fsp3) is 0. The van der Waals surface area contributed by atoms with E-state index in [-0.39, 0.29) is 30.8 Å². The molecule has 0 radical (unpaired) electrons. The van der Waals surface area contributed by atoms with Gasteiger partial charge in [0, 0.05) is 16.8 Å². The van der Waals surface area contributed by atoms with Gasteiger partial charge >= 0.3 is 0 Å². The van der Waals surface area contributed by atoms with Crippen LogP contribution in [-0.4, -0.2) is 19.9 Å². The number of H-pyrrole nitrogens is 1. The molecule has 0 spiro atoms. The summed E-state index contributed by atoms with van der Waals surface area (Å²) in [6.07, 6.45) is 3.41. The smallest absolute Gasteiger partial charge is 0.220 e. The van der Waals surface area contributed by atoms with Crippen molar-refractivity contribution < 1.29 is 0 Å². The fourth-order valence-electron chi connectivity index (χ4n) is 2.68. The molecule has 0 aliphatic carbocycles. The summed E-state index contributed by atoms with van der Waals surface area (Å²) >= 11 is 12.4. The topological polar surface area (TPSA) is 80.5 Å². The standard InChI is InChI=1S/C19H13Cl2N5.2ClH/c20-12-6-7-13(15(21)8-12)17-14(9-24-19(22)26-17)18-23-10-16(25-18)11-4-2-1-3-5-11;;/h1-10H,(H,23,25)(H2,22,24,26);2*1H. The third-order valence-corrected chi connectivity index (χ3v) is 4.46. The van der Waals surface area contributed by atoms with Crippen LogP contribution in [0.5, 0.6) is 0 Å². The molecule has 0 unspecified atom stereocenters. The highest BCUT2D eigenvalue weighted by Crippen LogP contribution is 2.35. The van der Waals surface area contributed by atoms with Crippen molar-refractivity contribution in [1.29, 1.82) is 0 Å². The van der Waals surface area contributed by atoms with Crippen LogP contribution in [0.4, 0.5) is 5.95 Å². The van der Waals surface area contributed by atoms with Gasteiger partial charge in [0.1, 0.15) is 5.82 Å². The number of nitrogens with two attached hydrogens (primary N) is 1. The van der Waals surface area contributed by atoms with Crippen molar-refractivity contribution in [2.45, 2.75) is 0 Å².